The standard InChI is InChI=1S/C24H25N3O3S/c1-14-4-7-19(12-15(14)2)26-24-27(20-10-11-20)23(30)21(31-24)13-22(29)25-18-8-5-17(6-9-18)16(3)28/h4-9,12,20-21H,10-11,13H2,1-3H3,(H,25,29). The SMILES string of the molecule is CC(=O)c1ccc(NC(=O)CC2SC(=Nc3ccc(C)c(C)c3)N(C3CC3)C2=O)cc1. The second kappa shape index (κ2) is 8.67. The molecule has 1 saturated heterocycles. The van der Waals surface area contributed by atoms with Crippen molar-refractivity contribution in [3.63, 3.8) is 0 Å². The van der Waals surface area contributed by atoms with Crippen LogP contribution in [-0.2, 0) is 9.59 Å². The van der Waals surface area contributed by atoms with Crippen molar-refractivity contribution in [1.82, 2.24) is 4.90 Å². The van der Waals surface area contributed by atoms with Gasteiger partial charge < -0.3 is 5.32 Å². The third kappa shape index (κ3) is 4.88. The Morgan fingerprint density at radius 3 is 2.42 bits per heavy atom. The number of aliphatic imine (C=N–C) groups is 1. The lowest BCUT2D eigenvalue weighted by Gasteiger charge is -2.15. The highest BCUT2D eigenvalue weighted by atomic mass is 32.2. The molecule has 2 aromatic carbocycles. The molecule has 0 radical (unpaired) electrons. The Labute approximate surface area is 186 Å². The van der Waals surface area contributed by atoms with Crippen LogP contribution in [0.2, 0.25) is 0 Å². The molecule has 7 heteroatoms. The molecular formula is C24H25N3O3S. The molecule has 6 nitrogen and oxygen atoms in total. The van der Waals surface area contributed by atoms with Gasteiger partial charge in [-0.2, -0.15) is 0 Å². The highest BCUT2D eigenvalue weighted by Gasteiger charge is 2.46. The summed E-state index contributed by atoms with van der Waals surface area (Å²) in [5, 5.41) is 3.02. The van der Waals surface area contributed by atoms with E-state index in [0.29, 0.717) is 16.4 Å². The molecule has 2 aromatic rings. The third-order valence-corrected chi connectivity index (χ3v) is 6.69. The number of amides is 2. The lowest BCUT2D eigenvalue weighted by molar-refractivity contribution is -0.128. The number of carbonyl (C=O) groups is 3. The molecule has 0 bridgehead atoms. The van der Waals surface area contributed by atoms with Crippen molar-refractivity contribution in [2.45, 2.75) is 51.3 Å². The molecular weight excluding hydrogens is 410 g/mol. The number of benzene rings is 2. The van der Waals surface area contributed by atoms with Crippen molar-refractivity contribution in [2.24, 2.45) is 4.99 Å². The van der Waals surface area contributed by atoms with Gasteiger partial charge in [0.15, 0.2) is 11.0 Å². The number of Topliss-reactive ketones (excluding diaryl/α,β-unsaturated/α-hetero) is 1. The molecule has 31 heavy (non-hydrogen) atoms. The van der Waals surface area contributed by atoms with Gasteiger partial charge in [-0.15, -0.1) is 0 Å². The number of carbonyl (C=O) groups excluding carboxylic acids is 3. The summed E-state index contributed by atoms with van der Waals surface area (Å²) >= 11 is 1.37. The van der Waals surface area contributed by atoms with Crippen LogP contribution in [0, 0.1) is 13.8 Å². The van der Waals surface area contributed by atoms with E-state index in [1.54, 1.807) is 29.2 Å². The predicted molar refractivity (Wildman–Crippen MR) is 124 cm³/mol. The van der Waals surface area contributed by atoms with Crippen molar-refractivity contribution in [2.75, 3.05) is 5.32 Å². The largest absolute Gasteiger partial charge is 0.326 e. The minimum Gasteiger partial charge on any atom is -0.326 e. The first-order chi connectivity index (χ1) is 14.8. The maximum atomic E-state index is 13.0. The zero-order chi connectivity index (χ0) is 22.1. The van der Waals surface area contributed by atoms with Crippen LogP contribution >= 0.6 is 11.8 Å². The highest BCUT2D eigenvalue weighted by molar-refractivity contribution is 8.15. The monoisotopic (exact) mass is 435 g/mol. The number of amidine groups is 1. The van der Waals surface area contributed by atoms with E-state index < -0.39 is 5.25 Å². The van der Waals surface area contributed by atoms with Crippen LogP contribution in [0.4, 0.5) is 11.4 Å². The minimum absolute atomic E-state index is 0.0263. The summed E-state index contributed by atoms with van der Waals surface area (Å²) in [7, 11) is 0. The fourth-order valence-electron chi connectivity index (χ4n) is 3.44. The van der Waals surface area contributed by atoms with Crippen molar-refractivity contribution < 1.29 is 14.4 Å². The average Bonchev–Trinajstić information content (AvgIpc) is 3.51. The summed E-state index contributed by atoms with van der Waals surface area (Å²) < 4.78 is 0. The number of rotatable bonds is 6. The quantitative estimate of drug-likeness (QED) is 0.671. The summed E-state index contributed by atoms with van der Waals surface area (Å²) in [6.07, 6.45) is 2.02. The molecule has 160 valence electrons. The Balaban J connectivity index is 1.46. The van der Waals surface area contributed by atoms with E-state index in [0.717, 1.165) is 24.1 Å². The number of nitrogens with zero attached hydrogens (tertiary/aromatic N) is 2. The maximum absolute atomic E-state index is 13.0. The molecule has 0 spiro atoms. The Kier molecular flexibility index (Phi) is 5.96. The van der Waals surface area contributed by atoms with Gasteiger partial charge in [0.1, 0.15) is 5.25 Å². The first-order valence-electron chi connectivity index (χ1n) is 10.4. The van der Waals surface area contributed by atoms with E-state index in [4.69, 9.17) is 4.99 Å². The summed E-state index contributed by atoms with van der Waals surface area (Å²) in [4.78, 5) is 43.5. The summed E-state index contributed by atoms with van der Waals surface area (Å²) in [6.45, 7) is 5.60. The molecule has 1 aliphatic carbocycles. The third-order valence-electron chi connectivity index (χ3n) is 5.54. The van der Waals surface area contributed by atoms with Crippen molar-refractivity contribution >= 4 is 45.9 Å². The van der Waals surface area contributed by atoms with Crippen LogP contribution in [0.5, 0.6) is 0 Å². The van der Waals surface area contributed by atoms with Gasteiger partial charge >= 0.3 is 0 Å². The van der Waals surface area contributed by atoms with Crippen molar-refractivity contribution in [3.05, 3.63) is 59.2 Å². The molecule has 0 aromatic heterocycles. The smallest absolute Gasteiger partial charge is 0.242 e. The zero-order valence-electron chi connectivity index (χ0n) is 17.8. The second-order valence-electron chi connectivity index (χ2n) is 8.09. The van der Waals surface area contributed by atoms with E-state index in [2.05, 4.69) is 12.2 Å². The van der Waals surface area contributed by atoms with E-state index in [9.17, 15) is 14.4 Å². The molecule has 1 atom stereocenters. The molecule has 1 unspecified atom stereocenters. The molecule has 1 N–H and O–H groups in total. The second-order valence-corrected chi connectivity index (χ2v) is 9.26. The number of nitrogens with one attached hydrogen (secondary N) is 1. The first kappa shape index (κ1) is 21.3. The molecule has 4 rings (SSSR count). The van der Waals surface area contributed by atoms with Crippen molar-refractivity contribution in [1.29, 1.82) is 0 Å². The summed E-state index contributed by atoms with van der Waals surface area (Å²) in [5.41, 5.74) is 4.37. The normalized spacial score (nSPS) is 19.7. The van der Waals surface area contributed by atoms with Gasteiger partial charge in [0.2, 0.25) is 11.8 Å². The topological polar surface area (TPSA) is 78.8 Å². The fourth-order valence-corrected chi connectivity index (χ4v) is 4.65. The molecule has 2 fully saturated rings. The number of hydrogen-bond donors (Lipinski definition) is 1. The van der Waals surface area contributed by atoms with Crippen LogP contribution in [0.3, 0.4) is 0 Å². The highest BCUT2D eigenvalue weighted by Crippen LogP contribution is 2.39. The zero-order valence-corrected chi connectivity index (χ0v) is 18.7. The number of ketones is 1. The Morgan fingerprint density at radius 2 is 1.81 bits per heavy atom. The van der Waals surface area contributed by atoms with Crippen LogP contribution in [0.25, 0.3) is 0 Å². The van der Waals surface area contributed by atoms with Crippen LogP contribution in [-0.4, -0.2) is 39.0 Å². The molecule has 1 heterocycles. The van der Waals surface area contributed by atoms with Gasteiger partial charge in [0, 0.05) is 23.7 Å². The Hall–Kier alpha value is -2.93. The lowest BCUT2D eigenvalue weighted by atomic mass is 10.1. The van der Waals surface area contributed by atoms with Gasteiger partial charge in [-0.25, -0.2) is 4.99 Å². The number of anilines is 1. The lowest BCUT2D eigenvalue weighted by Crippen LogP contribution is -2.35. The van der Waals surface area contributed by atoms with E-state index in [-0.39, 0.29) is 30.1 Å². The predicted octanol–water partition coefficient (Wildman–Crippen LogP) is 4.63. The van der Waals surface area contributed by atoms with Gasteiger partial charge in [-0.05, 0) is 81.1 Å². The molecule has 2 aliphatic rings. The van der Waals surface area contributed by atoms with E-state index in [1.807, 2.05) is 25.1 Å². The minimum atomic E-state index is -0.484. The Morgan fingerprint density at radius 1 is 1.10 bits per heavy atom. The van der Waals surface area contributed by atoms with Gasteiger partial charge in [-0.3, -0.25) is 19.3 Å². The van der Waals surface area contributed by atoms with E-state index in [1.165, 1.54) is 24.2 Å². The Bertz CT molecular complexity index is 1070. The van der Waals surface area contributed by atoms with Crippen LogP contribution < -0.4 is 5.32 Å². The first-order valence-corrected chi connectivity index (χ1v) is 11.3. The van der Waals surface area contributed by atoms with Crippen LogP contribution in [0.1, 0.15) is 47.7 Å². The van der Waals surface area contributed by atoms with E-state index >= 15 is 0 Å². The fraction of sp³-hybridized carbons (Fsp3) is 0.333. The van der Waals surface area contributed by atoms with Crippen LogP contribution in [0.15, 0.2) is 47.5 Å². The maximum Gasteiger partial charge on any atom is 0.242 e. The number of thioether (sulfide) groups is 1. The van der Waals surface area contributed by atoms with Gasteiger partial charge in [-0.1, -0.05) is 17.8 Å². The summed E-state index contributed by atoms with van der Waals surface area (Å²) in [6, 6.07) is 12.9. The average molecular weight is 436 g/mol. The van der Waals surface area contributed by atoms with Crippen molar-refractivity contribution in [3.8, 4) is 0 Å². The number of hydrogen-bond acceptors (Lipinski definition) is 5. The molecule has 2 amide bonds. The number of aryl methyl sites for hydroxylation is 2. The summed E-state index contributed by atoms with van der Waals surface area (Å²) in [5.74, 6) is -0.302. The molecule has 1 aliphatic heterocycles. The van der Waals surface area contributed by atoms with Gasteiger partial charge in [0.05, 0.1) is 5.69 Å². The molecule has 1 saturated carbocycles. The van der Waals surface area contributed by atoms with Gasteiger partial charge in [0.25, 0.3) is 0 Å².